The highest BCUT2D eigenvalue weighted by atomic mass is 16.1. The van der Waals surface area contributed by atoms with Crippen LogP contribution in [0.4, 0.5) is 0 Å². The van der Waals surface area contributed by atoms with Gasteiger partial charge in [0.2, 0.25) is 0 Å². The Labute approximate surface area is 65.1 Å². The van der Waals surface area contributed by atoms with Gasteiger partial charge in [0.15, 0.2) is 5.78 Å². The first-order valence-electron chi connectivity index (χ1n) is 4.00. The zero-order chi connectivity index (χ0) is 7.42. The molecule has 0 amide bonds. The smallest absolute Gasteiger partial charge is 0.163 e. The molecule has 0 saturated heterocycles. The highest BCUT2D eigenvalue weighted by molar-refractivity contribution is 6.01. The normalized spacial score (nSPS) is 31.8. The van der Waals surface area contributed by atoms with Gasteiger partial charge in [-0.2, -0.15) is 0 Å². The van der Waals surface area contributed by atoms with Crippen molar-refractivity contribution in [3.05, 3.63) is 34.9 Å². The molecule has 1 unspecified atom stereocenters. The van der Waals surface area contributed by atoms with Gasteiger partial charge in [-0.3, -0.25) is 4.79 Å². The predicted molar refractivity (Wildman–Crippen MR) is 42.0 cm³/mol. The summed E-state index contributed by atoms with van der Waals surface area (Å²) in [5.41, 5.74) is 4.06. The van der Waals surface area contributed by atoms with E-state index >= 15 is 0 Å². The molecule has 0 aliphatic heterocycles. The zero-order valence-corrected chi connectivity index (χ0v) is 6.13. The zero-order valence-electron chi connectivity index (χ0n) is 6.13. The molecule has 0 aromatic heterocycles. The standard InChI is InChI=1S/C10H8O/c11-10-5-6-4-9(10)8-3-1-2-7(6)8/h1,3,5,9H,2,4H2. The lowest BCUT2D eigenvalue weighted by molar-refractivity contribution is -0.116. The average Bonchev–Trinajstić information content (AvgIpc) is 2.52. The summed E-state index contributed by atoms with van der Waals surface area (Å²) >= 11 is 0. The number of allylic oxidation sites excluding steroid dienone is 6. The number of carbonyl (C=O) groups excluding carboxylic acids is 1. The lowest BCUT2D eigenvalue weighted by Gasteiger charge is -2.05. The highest BCUT2D eigenvalue weighted by Gasteiger charge is 2.38. The Morgan fingerprint density at radius 1 is 1.45 bits per heavy atom. The quantitative estimate of drug-likeness (QED) is 0.506. The summed E-state index contributed by atoms with van der Waals surface area (Å²) in [6, 6.07) is 0. The number of carbonyl (C=O) groups is 1. The Kier molecular flexibility index (Phi) is 0.780. The topological polar surface area (TPSA) is 17.1 Å². The van der Waals surface area contributed by atoms with Crippen LogP contribution in [0.5, 0.6) is 0 Å². The fourth-order valence-corrected chi connectivity index (χ4v) is 2.29. The van der Waals surface area contributed by atoms with Gasteiger partial charge in [0, 0.05) is 0 Å². The molecule has 1 heteroatoms. The van der Waals surface area contributed by atoms with Crippen LogP contribution < -0.4 is 0 Å². The molecular formula is C10H8O. The first kappa shape index (κ1) is 5.53. The Hall–Kier alpha value is -1.11. The van der Waals surface area contributed by atoms with E-state index in [0.29, 0.717) is 5.78 Å². The van der Waals surface area contributed by atoms with Gasteiger partial charge in [-0.05, 0) is 35.6 Å². The van der Waals surface area contributed by atoms with Gasteiger partial charge >= 0.3 is 0 Å². The Morgan fingerprint density at radius 3 is 3.27 bits per heavy atom. The van der Waals surface area contributed by atoms with Gasteiger partial charge in [-0.1, -0.05) is 12.2 Å². The summed E-state index contributed by atoms with van der Waals surface area (Å²) in [6.45, 7) is 0. The van der Waals surface area contributed by atoms with Crippen LogP contribution in [0, 0.1) is 5.92 Å². The van der Waals surface area contributed by atoms with E-state index in [0.717, 1.165) is 12.8 Å². The van der Waals surface area contributed by atoms with E-state index in [4.69, 9.17) is 0 Å². The van der Waals surface area contributed by atoms with Crippen molar-refractivity contribution in [3.63, 3.8) is 0 Å². The fourth-order valence-electron chi connectivity index (χ4n) is 2.29. The Bertz CT molecular complexity index is 342. The van der Waals surface area contributed by atoms with Gasteiger partial charge in [0.25, 0.3) is 0 Å². The first-order valence-corrected chi connectivity index (χ1v) is 4.00. The number of hydrogen-bond donors (Lipinski definition) is 0. The summed E-state index contributed by atoms with van der Waals surface area (Å²) < 4.78 is 0. The van der Waals surface area contributed by atoms with Crippen LogP contribution in [-0.2, 0) is 4.79 Å². The van der Waals surface area contributed by atoms with Gasteiger partial charge in [-0.15, -0.1) is 0 Å². The largest absolute Gasteiger partial charge is 0.294 e. The molecule has 2 bridgehead atoms. The van der Waals surface area contributed by atoms with Crippen molar-refractivity contribution in [2.75, 3.05) is 0 Å². The van der Waals surface area contributed by atoms with Crippen LogP contribution in [0.1, 0.15) is 12.8 Å². The predicted octanol–water partition coefficient (Wildman–Crippen LogP) is 1.77. The summed E-state index contributed by atoms with van der Waals surface area (Å²) in [4.78, 5) is 11.2. The first-order chi connectivity index (χ1) is 5.36. The fraction of sp³-hybridized carbons (Fsp3) is 0.300. The maximum Gasteiger partial charge on any atom is 0.163 e. The molecule has 3 aliphatic carbocycles. The molecule has 1 nitrogen and oxygen atoms in total. The molecular weight excluding hydrogens is 136 g/mol. The molecule has 1 atom stereocenters. The molecule has 0 N–H and O–H groups in total. The van der Waals surface area contributed by atoms with Crippen LogP contribution >= 0.6 is 0 Å². The molecule has 0 aromatic rings. The SMILES string of the molecule is O=C1C=C2CC1C1=C2CC=C1. The molecule has 0 aromatic carbocycles. The summed E-state index contributed by atoms with van der Waals surface area (Å²) in [6.07, 6.45) is 8.16. The number of hydrogen-bond acceptors (Lipinski definition) is 1. The summed E-state index contributed by atoms with van der Waals surface area (Å²) in [5, 5.41) is 0. The van der Waals surface area contributed by atoms with Crippen molar-refractivity contribution in [2.45, 2.75) is 12.8 Å². The van der Waals surface area contributed by atoms with E-state index in [1.807, 2.05) is 6.08 Å². The molecule has 3 rings (SSSR count). The van der Waals surface area contributed by atoms with E-state index < -0.39 is 0 Å². The minimum Gasteiger partial charge on any atom is -0.294 e. The van der Waals surface area contributed by atoms with Crippen LogP contribution in [-0.4, -0.2) is 5.78 Å². The van der Waals surface area contributed by atoms with E-state index in [1.165, 1.54) is 16.7 Å². The molecule has 11 heavy (non-hydrogen) atoms. The molecule has 0 fully saturated rings. The number of rotatable bonds is 0. The van der Waals surface area contributed by atoms with Crippen molar-refractivity contribution < 1.29 is 4.79 Å². The second kappa shape index (κ2) is 1.55. The van der Waals surface area contributed by atoms with Crippen molar-refractivity contribution in [3.8, 4) is 0 Å². The van der Waals surface area contributed by atoms with Gasteiger partial charge in [-0.25, -0.2) is 0 Å². The van der Waals surface area contributed by atoms with Crippen molar-refractivity contribution in [2.24, 2.45) is 5.92 Å². The average molecular weight is 144 g/mol. The lowest BCUT2D eigenvalue weighted by atomic mass is 9.98. The van der Waals surface area contributed by atoms with E-state index in [1.54, 1.807) is 0 Å². The third kappa shape index (κ3) is 0.506. The molecule has 0 saturated carbocycles. The van der Waals surface area contributed by atoms with E-state index in [9.17, 15) is 4.79 Å². The maximum atomic E-state index is 11.2. The van der Waals surface area contributed by atoms with Crippen LogP contribution in [0.2, 0.25) is 0 Å². The molecule has 0 heterocycles. The van der Waals surface area contributed by atoms with Crippen molar-refractivity contribution in [1.29, 1.82) is 0 Å². The Balaban J connectivity index is 2.22. The minimum absolute atomic E-state index is 0.221. The highest BCUT2D eigenvalue weighted by Crippen LogP contribution is 2.46. The monoisotopic (exact) mass is 144 g/mol. The summed E-state index contributed by atoms with van der Waals surface area (Å²) in [7, 11) is 0. The second-order valence-electron chi connectivity index (χ2n) is 3.37. The van der Waals surface area contributed by atoms with Crippen LogP contribution in [0.3, 0.4) is 0 Å². The van der Waals surface area contributed by atoms with Gasteiger partial charge < -0.3 is 0 Å². The second-order valence-corrected chi connectivity index (χ2v) is 3.37. The van der Waals surface area contributed by atoms with Crippen LogP contribution in [0.25, 0.3) is 0 Å². The molecule has 3 aliphatic rings. The maximum absolute atomic E-state index is 11.2. The summed E-state index contributed by atoms with van der Waals surface area (Å²) in [5.74, 6) is 0.545. The van der Waals surface area contributed by atoms with E-state index in [2.05, 4.69) is 12.2 Å². The number of ketones is 1. The van der Waals surface area contributed by atoms with E-state index in [-0.39, 0.29) is 5.92 Å². The van der Waals surface area contributed by atoms with Crippen molar-refractivity contribution >= 4 is 5.78 Å². The number of fused-ring (bicyclic) bond motifs is 4. The lowest BCUT2D eigenvalue weighted by Crippen LogP contribution is -2.07. The van der Waals surface area contributed by atoms with Crippen LogP contribution in [0.15, 0.2) is 34.9 Å². The third-order valence-electron chi connectivity index (χ3n) is 2.81. The molecule has 0 spiro atoms. The van der Waals surface area contributed by atoms with Gasteiger partial charge in [0.1, 0.15) is 0 Å². The van der Waals surface area contributed by atoms with Gasteiger partial charge in [0.05, 0.1) is 5.92 Å². The minimum atomic E-state index is 0.221. The molecule has 0 radical (unpaired) electrons. The molecule has 54 valence electrons. The van der Waals surface area contributed by atoms with Crippen molar-refractivity contribution in [1.82, 2.24) is 0 Å². The third-order valence-corrected chi connectivity index (χ3v) is 2.81. The Morgan fingerprint density at radius 2 is 2.36 bits per heavy atom.